The van der Waals surface area contributed by atoms with Crippen LogP contribution in [0.1, 0.15) is 23.3 Å². The Kier molecular flexibility index (Phi) is 3.33. The van der Waals surface area contributed by atoms with Gasteiger partial charge in [-0.1, -0.05) is 0 Å². The van der Waals surface area contributed by atoms with E-state index >= 15 is 0 Å². The van der Waals surface area contributed by atoms with E-state index in [-0.39, 0.29) is 17.9 Å². The zero-order chi connectivity index (χ0) is 15.8. The monoisotopic (exact) mass is 311 g/mol. The zero-order valence-corrected chi connectivity index (χ0v) is 12.6. The molecule has 0 atom stereocenters. The molecule has 118 valence electrons. The number of carbonyl (C=O) groups is 2. The van der Waals surface area contributed by atoms with Gasteiger partial charge in [0.2, 0.25) is 5.91 Å². The highest BCUT2D eigenvalue weighted by Crippen LogP contribution is 2.22. The fourth-order valence-corrected chi connectivity index (χ4v) is 3.14. The Hall–Kier alpha value is -2.70. The third-order valence-electron chi connectivity index (χ3n) is 4.47. The number of carbonyl (C=O) groups excluding carboxylic acids is 2. The number of pyridine rings is 1. The van der Waals surface area contributed by atoms with Gasteiger partial charge in [-0.05, 0) is 18.6 Å². The normalized spacial score (nSPS) is 18.3. The van der Waals surface area contributed by atoms with Crippen LogP contribution < -0.4 is 0 Å². The van der Waals surface area contributed by atoms with E-state index in [1.54, 1.807) is 29.7 Å². The van der Waals surface area contributed by atoms with Gasteiger partial charge in [-0.15, -0.1) is 0 Å². The Bertz CT molecular complexity index is 737. The summed E-state index contributed by atoms with van der Waals surface area (Å²) in [5.74, 6) is 0.122. The maximum atomic E-state index is 12.5. The summed E-state index contributed by atoms with van der Waals surface area (Å²) >= 11 is 0. The maximum Gasteiger partial charge on any atom is 0.272 e. The van der Waals surface area contributed by atoms with E-state index in [2.05, 4.69) is 9.97 Å². The molecule has 7 heteroatoms. The summed E-state index contributed by atoms with van der Waals surface area (Å²) in [5, 5.41) is 0. The van der Waals surface area contributed by atoms with Crippen LogP contribution in [-0.2, 0) is 4.79 Å². The molecule has 2 amide bonds. The van der Waals surface area contributed by atoms with Crippen LogP contribution >= 0.6 is 0 Å². The maximum absolute atomic E-state index is 12.5. The molecule has 2 aliphatic heterocycles. The molecule has 0 spiro atoms. The fraction of sp³-hybridized carbons (Fsp3) is 0.375. The molecule has 2 aliphatic rings. The summed E-state index contributed by atoms with van der Waals surface area (Å²) in [6, 6.07) is 3.77. The van der Waals surface area contributed by atoms with Crippen LogP contribution in [0.2, 0.25) is 0 Å². The van der Waals surface area contributed by atoms with Crippen molar-refractivity contribution in [2.45, 2.75) is 18.9 Å². The summed E-state index contributed by atoms with van der Waals surface area (Å²) in [4.78, 5) is 36.1. The van der Waals surface area contributed by atoms with Gasteiger partial charge in [0.1, 0.15) is 5.69 Å². The Balaban J connectivity index is 1.44. The van der Waals surface area contributed by atoms with Crippen LogP contribution in [0, 0.1) is 0 Å². The van der Waals surface area contributed by atoms with Crippen molar-refractivity contribution in [2.75, 3.05) is 19.6 Å². The lowest BCUT2D eigenvalue weighted by atomic mass is 10.1. The van der Waals surface area contributed by atoms with E-state index in [0.717, 1.165) is 18.7 Å². The molecule has 2 saturated heterocycles. The Morgan fingerprint density at radius 2 is 2.13 bits per heavy atom. The first-order valence-corrected chi connectivity index (χ1v) is 7.75. The number of aromatic nitrogens is 3. The van der Waals surface area contributed by atoms with Gasteiger partial charge in [-0.2, -0.15) is 0 Å². The van der Waals surface area contributed by atoms with E-state index in [4.69, 9.17) is 0 Å². The third-order valence-corrected chi connectivity index (χ3v) is 4.47. The van der Waals surface area contributed by atoms with Crippen LogP contribution in [0.5, 0.6) is 0 Å². The van der Waals surface area contributed by atoms with Crippen molar-refractivity contribution in [3.05, 3.63) is 42.7 Å². The lowest BCUT2D eigenvalue weighted by Gasteiger charge is -2.43. The van der Waals surface area contributed by atoms with E-state index < -0.39 is 0 Å². The average Bonchev–Trinajstić information content (AvgIpc) is 3.18. The topological polar surface area (TPSA) is 71.3 Å². The van der Waals surface area contributed by atoms with Gasteiger partial charge in [-0.25, -0.2) is 4.98 Å². The molecule has 23 heavy (non-hydrogen) atoms. The molecule has 0 saturated carbocycles. The van der Waals surface area contributed by atoms with Gasteiger partial charge in [0, 0.05) is 44.6 Å². The quantitative estimate of drug-likeness (QED) is 0.837. The molecule has 0 aromatic carbocycles. The molecule has 0 radical (unpaired) electrons. The van der Waals surface area contributed by atoms with Gasteiger partial charge in [0.25, 0.3) is 5.91 Å². The van der Waals surface area contributed by atoms with E-state index in [1.807, 2.05) is 21.7 Å². The molecule has 0 N–H and O–H groups in total. The Labute approximate surface area is 133 Å². The lowest BCUT2D eigenvalue weighted by Crippen LogP contribution is -2.61. The van der Waals surface area contributed by atoms with Crippen LogP contribution in [0.15, 0.2) is 37.1 Å². The standard InChI is InChI=1S/C16H17N5O2/c22-15-2-1-6-21(15)13-9-20(10-13)16(23)14-8-12(3-4-18-14)19-7-5-17-11-19/h3-5,7-8,11,13H,1-2,6,9-10H2. The van der Waals surface area contributed by atoms with Gasteiger partial charge in [0.05, 0.1) is 18.1 Å². The molecule has 0 bridgehead atoms. The summed E-state index contributed by atoms with van der Waals surface area (Å²) in [6.45, 7) is 2.02. The van der Waals surface area contributed by atoms with Crippen molar-refractivity contribution in [1.29, 1.82) is 0 Å². The third kappa shape index (κ3) is 2.48. The summed E-state index contributed by atoms with van der Waals surface area (Å²) in [6.07, 6.45) is 8.39. The van der Waals surface area contributed by atoms with Gasteiger partial charge in [0.15, 0.2) is 0 Å². The molecular weight excluding hydrogens is 294 g/mol. The minimum absolute atomic E-state index is 0.0881. The number of imidazole rings is 1. The number of hydrogen-bond donors (Lipinski definition) is 0. The summed E-state index contributed by atoms with van der Waals surface area (Å²) in [5.41, 5.74) is 1.27. The van der Waals surface area contributed by atoms with E-state index in [9.17, 15) is 9.59 Å². The van der Waals surface area contributed by atoms with Gasteiger partial charge < -0.3 is 14.4 Å². The van der Waals surface area contributed by atoms with E-state index in [0.29, 0.717) is 25.2 Å². The molecular formula is C16H17N5O2. The first kappa shape index (κ1) is 13.9. The Morgan fingerprint density at radius 3 is 2.83 bits per heavy atom. The van der Waals surface area contributed by atoms with Crippen molar-refractivity contribution in [2.24, 2.45) is 0 Å². The number of amides is 2. The smallest absolute Gasteiger partial charge is 0.272 e. The van der Waals surface area contributed by atoms with Crippen molar-refractivity contribution in [3.63, 3.8) is 0 Å². The zero-order valence-electron chi connectivity index (χ0n) is 12.6. The highest BCUT2D eigenvalue weighted by molar-refractivity contribution is 5.93. The molecule has 2 aromatic rings. The SMILES string of the molecule is O=C(c1cc(-n2ccnc2)ccn1)N1CC(N2CCCC2=O)C1. The fourth-order valence-electron chi connectivity index (χ4n) is 3.14. The van der Waals surface area contributed by atoms with Crippen LogP contribution in [0.3, 0.4) is 0 Å². The second-order valence-corrected chi connectivity index (χ2v) is 5.92. The number of rotatable bonds is 3. The van der Waals surface area contributed by atoms with Crippen molar-refractivity contribution in [3.8, 4) is 5.69 Å². The average molecular weight is 311 g/mol. The summed E-state index contributed by atoms with van der Waals surface area (Å²) < 4.78 is 1.83. The molecule has 2 aromatic heterocycles. The molecule has 7 nitrogen and oxygen atoms in total. The summed E-state index contributed by atoms with van der Waals surface area (Å²) in [7, 11) is 0. The highest BCUT2D eigenvalue weighted by Gasteiger charge is 2.39. The lowest BCUT2D eigenvalue weighted by molar-refractivity contribution is -0.132. The first-order valence-electron chi connectivity index (χ1n) is 7.75. The van der Waals surface area contributed by atoms with Crippen molar-refractivity contribution >= 4 is 11.8 Å². The first-order chi connectivity index (χ1) is 11.2. The minimum Gasteiger partial charge on any atom is -0.336 e. The highest BCUT2D eigenvalue weighted by atomic mass is 16.2. The number of nitrogens with zero attached hydrogens (tertiary/aromatic N) is 5. The predicted molar refractivity (Wildman–Crippen MR) is 82.0 cm³/mol. The molecule has 0 aliphatic carbocycles. The second kappa shape index (κ2) is 5.49. The number of likely N-dealkylation sites (tertiary alicyclic amines) is 2. The molecule has 4 heterocycles. The molecule has 2 fully saturated rings. The van der Waals surface area contributed by atoms with Crippen LogP contribution in [0.4, 0.5) is 0 Å². The molecule has 4 rings (SSSR count). The van der Waals surface area contributed by atoms with Gasteiger partial charge in [-0.3, -0.25) is 14.6 Å². The van der Waals surface area contributed by atoms with Gasteiger partial charge >= 0.3 is 0 Å². The number of hydrogen-bond acceptors (Lipinski definition) is 4. The predicted octanol–water partition coefficient (Wildman–Crippen LogP) is 0.714. The van der Waals surface area contributed by atoms with Crippen LogP contribution in [0.25, 0.3) is 5.69 Å². The minimum atomic E-state index is -0.0881. The Morgan fingerprint density at radius 1 is 1.26 bits per heavy atom. The van der Waals surface area contributed by atoms with Crippen LogP contribution in [-0.4, -0.2) is 61.8 Å². The largest absolute Gasteiger partial charge is 0.336 e. The second-order valence-electron chi connectivity index (χ2n) is 5.92. The van der Waals surface area contributed by atoms with E-state index in [1.165, 1.54) is 0 Å². The molecule has 0 unspecified atom stereocenters. The van der Waals surface area contributed by atoms with Crippen molar-refractivity contribution in [1.82, 2.24) is 24.3 Å². The van der Waals surface area contributed by atoms with Crippen molar-refractivity contribution < 1.29 is 9.59 Å².